The quantitative estimate of drug-likeness (QED) is 0.549. The van der Waals surface area contributed by atoms with Crippen LogP contribution in [-0.2, 0) is 19.6 Å². The molecule has 1 aliphatic heterocycles. The molecular formula is C6H12N2O4S. The summed E-state index contributed by atoms with van der Waals surface area (Å²) in [6, 6.07) is 0. The number of nitrogens with zero attached hydrogens (tertiary/aromatic N) is 1. The van der Waals surface area contributed by atoms with Gasteiger partial charge in [0.1, 0.15) is 0 Å². The number of aldehydes is 1. The lowest BCUT2D eigenvalue weighted by Crippen LogP contribution is -2.50. The first-order valence-electron chi connectivity index (χ1n) is 3.84. The van der Waals surface area contributed by atoms with E-state index in [0.29, 0.717) is 32.6 Å². The Morgan fingerprint density at radius 1 is 1.38 bits per heavy atom. The van der Waals surface area contributed by atoms with Crippen LogP contribution in [-0.4, -0.2) is 51.3 Å². The minimum atomic E-state index is -3.81. The van der Waals surface area contributed by atoms with Crippen molar-refractivity contribution in [3.05, 3.63) is 0 Å². The van der Waals surface area contributed by atoms with Crippen molar-refractivity contribution in [3.8, 4) is 0 Å². The van der Waals surface area contributed by atoms with Crippen molar-refractivity contribution in [2.24, 2.45) is 5.14 Å². The van der Waals surface area contributed by atoms with Crippen molar-refractivity contribution in [2.75, 3.05) is 26.3 Å². The average Bonchev–Trinajstić information content (AvgIpc) is 2.05. The third kappa shape index (κ3) is 2.73. The highest BCUT2D eigenvalue weighted by atomic mass is 32.2. The van der Waals surface area contributed by atoms with Crippen LogP contribution in [0.25, 0.3) is 0 Å². The van der Waals surface area contributed by atoms with Crippen LogP contribution in [0.1, 0.15) is 0 Å². The van der Waals surface area contributed by atoms with Gasteiger partial charge in [0.25, 0.3) is 0 Å². The highest BCUT2D eigenvalue weighted by molar-refractivity contribution is 7.90. The number of morpholine rings is 1. The summed E-state index contributed by atoms with van der Waals surface area (Å²) < 4.78 is 26.9. The molecule has 1 rings (SSSR count). The maximum absolute atomic E-state index is 10.9. The molecule has 0 aromatic heterocycles. The summed E-state index contributed by atoms with van der Waals surface area (Å²) in [4.78, 5) is 12.0. The number of hydrogen-bond donors (Lipinski definition) is 1. The molecule has 0 saturated carbocycles. The van der Waals surface area contributed by atoms with Gasteiger partial charge in [-0.15, -0.1) is 0 Å². The minimum absolute atomic E-state index is 0.348. The van der Waals surface area contributed by atoms with E-state index in [-0.39, 0.29) is 0 Å². The molecule has 1 fully saturated rings. The maximum atomic E-state index is 10.9. The summed E-state index contributed by atoms with van der Waals surface area (Å²) in [7, 11) is -3.81. The van der Waals surface area contributed by atoms with Gasteiger partial charge in [0.15, 0.2) is 11.7 Å². The standard InChI is InChI=1S/C6H12N2O4S/c7-13(10,11)6(5-9)8-1-3-12-4-2-8/h5-6H,1-4H2,(H2,7,10,11). The van der Waals surface area contributed by atoms with Crippen LogP contribution in [0, 0.1) is 0 Å². The van der Waals surface area contributed by atoms with Crippen molar-refractivity contribution in [3.63, 3.8) is 0 Å². The van der Waals surface area contributed by atoms with Gasteiger partial charge < -0.3 is 9.53 Å². The van der Waals surface area contributed by atoms with Crippen molar-refractivity contribution in [1.29, 1.82) is 0 Å². The fourth-order valence-corrected chi connectivity index (χ4v) is 1.98. The van der Waals surface area contributed by atoms with Gasteiger partial charge >= 0.3 is 0 Å². The van der Waals surface area contributed by atoms with Gasteiger partial charge in [-0.2, -0.15) is 0 Å². The minimum Gasteiger partial charge on any atom is -0.379 e. The molecule has 7 heteroatoms. The lowest BCUT2D eigenvalue weighted by molar-refractivity contribution is -0.111. The Morgan fingerprint density at radius 3 is 2.31 bits per heavy atom. The zero-order valence-electron chi connectivity index (χ0n) is 7.05. The molecule has 1 aliphatic rings. The number of hydrogen-bond acceptors (Lipinski definition) is 5. The lowest BCUT2D eigenvalue weighted by Gasteiger charge is -2.29. The zero-order valence-corrected chi connectivity index (χ0v) is 7.87. The molecule has 1 saturated heterocycles. The molecule has 1 heterocycles. The number of nitrogens with two attached hydrogens (primary N) is 1. The Hall–Kier alpha value is -0.500. The molecule has 2 N–H and O–H groups in total. The van der Waals surface area contributed by atoms with E-state index in [1.165, 1.54) is 4.90 Å². The van der Waals surface area contributed by atoms with Gasteiger partial charge in [-0.3, -0.25) is 4.90 Å². The number of carbonyl (C=O) groups is 1. The highest BCUT2D eigenvalue weighted by Gasteiger charge is 2.29. The summed E-state index contributed by atoms with van der Waals surface area (Å²) in [6.45, 7) is 1.69. The first-order valence-corrected chi connectivity index (χ1v) is 5.45. The SMILES string of the molecule is NS(=O)(=O)C(C=O)N1CCOCC1. The summed E-state index contributed by atoms with van der Waals surface area (Å²) in [6.07, 6.45) is 0.348. The van der Waals surface area contributed by atoms with E-state index in [1.807, 2.05) is 0 Å². The number of carbonyl (C=O) groups excluding carboxylic acids is 1. The summed E-state index contributed by atoms with van der Waals surface area (Å²) >= 11 is 0. The topological polar surface area (TPSA) is 89.7 Å². The van der Waals surface area contributed by atoms with Crippen LogP contribution in [0.4, 0.5) is 0 Å². The molecular weight excluding hydrogens is 196 g/mol. The van der Waals surface area contributed by atoms with Crippen LogP contribution in [0.5, 0.6) is 0 Å². The van der Waals surface area contributed by atoms with E-state index in [9.17, 15) is 13.2 Å². The molecule has 0 bridgehead atoms. The largest absolute Gasteiger partial charge is 0.379 e. The molecule has 1 atom stereocenters. The van der Waals surface area contributed by atoms with Crippen molar-refractivity contribution in [2.45, 2.75) is 5.37 Å². The monoisotopic (exact) mass is 208 g/mol. The Labute approximate surface area is 76.7 Å². The summed E-state index contributed by atoms with van der Waals surface area (Å²) in [5, 5.41) is 3.65. The molecule has 0 spiro atoms. The van der Waals surface area contributed by atoms with E-state index in [2.05, 4.69) is 0 Å². The lowest BCUT2D eigenvalue weighted by atomic mass is 10.4. The molecule has 0 aliphatic carbocycles. The summed E-state index contributed by atoms with van der Waals surface area (Å²) in [5.74, 6) is 0. The van der Waals surface area contributed by atoms with Gasteiger partial charge in [-0.25, -0.2) is 13.6 Å². The Balaban J connectivity index is 2.71. The maximum Gasteiger partial charge on any atom is 0.232 e. The highest BCUT2D eigenvalue weighted by Crippen LogP contribution is 2.05. The molecule has 0 radical (unpaired) electrons. The van der Waals surface area contributed by atoms with Crippen LogP contribution in [0.3, 0.4) is 0 Å². The second-order valence-corrected chi connectivity index (χ2v) is 4.43. The smallest absolute Gasteiger partial charge is 0.232 e. The van der Waals surface area contributed by atoms with Gasteiger partial charge in [-0.05, 0) is 0 Å². The fraction of sp³-hybridized carbons (Fsp3) is 0.833. The number of ether oxygens (including phenoxy) is 1. The normalized spacial score (nSPS) is 22.5. The molecule has 0 amide bonds. The van der Waals surface area contributed by atoms with Crippen LogP contribution in [0.15, 0.2) is 0 Å². The Bertz CT molecular complexity index is 270. The van der Waals surface area contributed by atoms with Gasteiger partial charge in [-0.1, -0.05) is 0 Å². The van der Waals surface area contributed by atoms with Crippen molar-refractivity contribution in [1.82, 2.24) is 4.90 Å². The second-order valence-electron chi connectivity index (χ2n) is 2.76. The molecule has 0 aromatic rings. The number of sulfonamides is 1. The van der Waals surface area contributed by atoms with Crippen molar-refractivity contribution < 1.29 is 17.9 Å². The third-order valence-electron chi connectivity index (χ3n) is 1.86. The molecule has 76 valence electrons. The van der Waals surface area contributed by atoms with E-state index in [1.54, 1.807) is 0 Å². The summed E-state index contributed by atoms with van der Waals surface area (Å²) in [5.41, 5.74) is 0. The predicted molar refractivity (Wildman–Crippen MR) is 45.4 cm³/mol. The second kappa shape index (κ2) is 4.14. The zero-order chi connectivity index (χ0) is 9.90. The third-order valence-corrected chi connectivity index (χ3v) is 2.94. The molecule has 0 aromatic carbocycles. The van der Waals surface area contributed by atoms with E-state index >= 15 is 0 Å². The van der Waals surface area contributed by atoms with Crippen LogP contribution < -0.4 is 5.14 Å². The van der Waals surface area contributed by atoms with E-state index < -0.39 is 15.4 Å². The first-order chi connectivity index (χ1) is 6.05. The van der Waals surface area contributed by atoms with Gasteiger partial charge in [0.05, 0.1) is 13.2 Å². The fourth-order valence-electron chi connectivity index (χ4n) is 1.20. The van der Waals surface area contributed by atoms with Crippen LogP contribution >= 0.6 is 0 Å². The number of rotatable bonds is 3. The number of primary sulfonamides is 1. The molecule has 1 unspecified atom stereocenters. The van der Waals surface area contributed by atoms with Gasteiger partial charge in [0, 0.05) is 13.1 Å². The Morgan fingerprint density at radius 2 is 1.92 bits per heavy atom. The average molecular weight is 208 g/mol. The first kappa shape index (κ1) is 10.6. The van der Waals surface area contributed by atoms with Gasteiger partial charge in [0.2, 0.25) is 10.0 Å². The van der Waals surface area contributed by atoms with E-state index in [0.717, 1.165) is 0 Å². The van der Waals surface area contributed by atoms with Crippen LogP contribution in [0.2, 0.25) is 0 Å². The Kier molecular flexibility index (Phi) is 3.37. The predicted octanol–water partition coefficient (Wildman–Crippen LogP) is -1.87. The molecule has 13 heavy (non-hydrogen) atoms. The van der Waals surface area contributed by atoms with E-state index in [4.69, 9.17) is 9.88 Å². The molecule has 6 nitrogen and oxygen atoms in total. The van der Waals surface area contributed by atoms with Crippen molar-refractivity contribution >= 4 is 16.3 Å².